The standard InChI is InChI=1S/C5H12O5S/c1-2-11(8,9)10-4-3-5(6)7/h5-7H,2-4H2,1H3. The minimum Gasteiger partial charge on any atom is -0.368 e. The summed E-state index contributed by atoms with van der Waals surface area (Å²) in [6.07, 6.45) is -1.61. The molecular formula is C5H12O5S. The SMILES string of the molecule is CCS(=O)(=O)OCCC(O)O. The van der Waals surface area contributed by atoms with Crippen LogP contribution in [-0.4, -0.2) is 37.3 Å². The molecule has 0 unspecified atom stereocenters. The number of hydrogen-bond donors (Lipinski definition) is 2. The molecule has 0 atom stereocenters. The predicted octanol–water partition coefficient (Wildman–Crippen LogP) is -0.946. The molecule has 0 saturated heterocycles. The maximum atomic E-state index is 10.6. The van der Waals surface area contributed by atoms with E-state index in [4.69, 9.17) is 10.2 Å². The molecule has 0 bridgehead atoms. The van der Waals surface area contributed by atoms with E-state index in [0.29, 0.717) is 0 Å². The maximum absolute atomic E-state index is 10.6. The van der Waals surface area contributed by atoms with Crippen LogP contribution in [0.3, 0.4) is 0 Å². The van der Waals surface area contributed by atoms with Gasteiger partial charge in [0.1, 0.15) is 0 Å². The Balaban J connectivity index is 3.55. The van der Waals surface area contributed by atoms with Gasteiger partial charge in [-0.25, -0.2) is 0 Å². The van der Waals surface area contributed by atoms with Crippen LogP contribution in [0.15, 0.2) is 0 Å². The van der Waals surface area contributed by atoms with E-state index in [1.54, 1.807) is 0 Å². The summed E-state index contributed by atoms with van der Waals surface area (Å²) >= 11 is 0. The highest BCUT2D eigenvalue weighted by atomic mass is 32.2. The zero-order valence-electron chi connectivity index (χ0n) is 6.23. The van der Waals surface area contributed by atoms with Crippen molar-refractivity contribution in [3.05, 3.63) is 0 Å². The van der Waals surface area contributed by atoms with Crippen molar-refractivity contribution in [1.29, 1.82) is 0 Å². The van der Waals surface area contributed by atoms with Crippen LogP contribution in [0.5, 0.6) is 0 Å². The summed E-state index contributed by atoms with van der Waals surface area (Å²) < 4.78 is 25.5. The summed E-state index contributed by atoms with van der Waals surface area (Å²) in [7, 11) is -3.44. The zero-order chi connectivity index (χ0) is 8.91. The average Bonchev–Trinajstić information content (AvgIpc) is 1.87. The molecule has 0 saturated carbocycles. The van der Waals surface area contributed by atoms with Crippen LogP contribution in [-0.2, 0) is 14.3 Å². The maximum Gasteiger partial charge on any atom is 0.267 e. The van der Waals surface area contributed by atoms with E-state index in [2.05, 4.69) is 4.18 Å². The topological polar surface area (TPSA) is 83.8 Å². The van der Waals surface area contributed by atoms with Crippen LogP contribution >= 0.6 is 0 Å². The highest BCUT2D eigenvalue weighted by molar-refractivity contribution is 7.86. The fourth-order valence-electron chi connectivity index (χ4n) is 0.364. The first kappa shape index (κ1) is 10.8. The Morgan fingerprint density at radius 2 is 2.00 bits per heavy atom. The smallest absolute Gasteiger partial charge is 0.267 e. The van der Waals surface area contributed by atoms with E-state index in [1.807, 2.05) is 0 Å². The largest absolute Gasteiger partial charge is 0.368 e. The highest BCUT2D eigenvalue weighted by Gasteiger charge is 2.07. The minimum absolute atomic E-state index is 0.0980. The normalized spacial score (nSPS) is 12.4. The Labute approximate surface area is 65.7 Å². The number of aliphatic hydroxyl groups excluding tert-OH is 1. The molecule has 0 radical (unpaired) electrons. The van der Waals surface area contributed by atoms with Gasteiger partial charge in [-0.2, -0.15) is 8.42 Å². The van der Waals surface area contributed by atoms with Gasteiger partial charge in [0.05, 0.1) is 12.4 Å². The van der Waals surface area contributed by atoms with Crippen LogP contribution in [0.25, 0.3) is 0 Å². The third-order valence-corrected chi connectivity index (χ3v) is 2.23. The number of rotatable bonds is 5. The minimum atomic E-state index is -3.44. The average molecular weight is 184 g/mol. The zero-order valence-corrected chi connectivity index (χ0v) is 7.04. The van der Waals surface area contributed by atoms with E-state index in [9.17, 15) is 8.42 Å². The van der Waals surface area contributed by atoms with Crippen molar-refractivity contribution in [3.8, 4) is 0 Å². The summed E-state index contributed by atoms with van der Waals surface area (Å²) in [5.74, 6) is -0.103. The van der Waals surface area contributed by atoms with Gasteiger partial charge in [0.25, 0.3) is 10.1 Å². The lowest BCUT2D eigenvalue weighted by atomic mass is 10.5. The van der Waals surface area contributed by atoms with Gasteiger partial charge in [0.2, 0.25) is 0 Å². The summed E-state index contributed by atoms with van der Waals surface area (Å²) in [6, 6.07) is 0. The molecule has 0 aromatic heterocycles. The highest BCUT2D eigenvalue weighted by Crippen LogP contribution is 1.95. The van der Waals surface area contributed by atoms with Crippen molar-refractivity contribution < 1.29 is 22.8 Å². The van der Waals surface area contributed by atoms with E-state index >= 15 is 0 Å². The van der Waals surface area contributed by atoms with Crippen molar-refractivity contribution in [2.45, 2.75) is 19.6 Å². The Morgan fingerprint density at radius 1 is 1.45 bits per heavy atom. The molecule has 0 aliphatic carbocycles. The predicted molar refractivity (Wildman–Crippen MR) is 38.3 cm³/mol. The first-order valence-electron chi connectivity index (χ1n) is 3.21. The third kappa shape index (κ3) is 6.24. The lowest BCUT2D eigenvalue weighted by molar-refractivity contribution is -0.0515. The van der Waals surface area contributed by atoms with Crippen LogP contribution in [0.1, 0.15) is 13.3 Å². The molecule has 0 aliphatic rings. The van der Waals surface area contributed by atoms with Gasteiger partial charge in [0.15, 0.2) is 6.29 Å². The quantitative estimate of drug-likeness (QED) is 0.425. The molecule has 5 nitrogen and oxygen atoms in total. The van der Waals surface area contributed by atoms with E-state index in [-0.39, 0.29) is 18.8 Å². The van der Waals surface area contributed by atoms with Gasteiger partial charge in [0, 0.05) is 6.42 Å². The van der Waals surface area contributed by atoms with Crippen LogP contribution < -0.4 is 0 Å². The summed E-state index contributed by atoms with van der Waals surface area (Å²) in [5, 5.41) is 16.6. The van der Waals surface area contributed by atoms with Gasteiger partial charge in [-0.15, -0.1) is 0 Å². The van der Waals surface area contributed by atoms with Crippen molar-refractivity contribution in [2.75, 3.05) is 12.4 Å². The van der Waals surface area contributed by atoms with Crippen molar-refractivity contribution in [2.24, 2.45) is 0 Å². The monoisotopic (exact) mass is 184 g/mol. The Kier molecular flexibility index (Phi) is 4.58. The molecule has 0 aliphatic heterocycles. The number of hydrogen-bond acceptors (Lipinski definition) is 5. The molecule has 0 fully saturated rings. The fourth-order valence-corrected chi connectivity index (χ4v) is 0.881. The van der Waals surface area contributed by atoms with E-state index in [0.717, 1.165) is 0 Å². The molecule has 0 heterocycles. The summed E-state index contributed by atoms with van der Waals surface area (Å²) in [6.45, 7) is 1.26. The van der Waals surface area contributed by atoms with Gasteiger partial charge in [-0.3, -0.25) is 4.18 Å². The second-order valence-electron chi connectivity index (χ2n) is 1.94. The molecule has 2 N–H and O–H groups in total. The first-order valence-corrected chi connectivity index (χ1v) is 4.79. The second-order valence-corrected chi connectivity index (χ2v) is 3.87. The molecular weight excluding hydrogens is 172 g/mol. The molecule has 0 spiro atoms. The molecule has 0 aromatic carbocycles. The van der Waals surface area contributed by atoms with E-state index < -0.39 is 16.4 Å². The molecule has 0 aromatic rings. The molecule has 6 heteroatoms. The summed E-state index contributed by atoms with van der Waals surface area (Å²) in [4.78, 5) is 0. The molecule has 68 valence electrons. The van der Waals surface area contributed by atoms with Gasteiger partial charge in [-0.1, -0.05) is 0 Å². The third-order valence-electron chi connectivity index (χ3n) is 0.992. The Bertz CT molecular complexity index is 183. The van der Waals surface area contributed by atoms with Gasteiger partial charge >= 0.3 is 0 Å². The first-order chi connectivity index (χ1) is 4.98. The van der Waals surface area contributed by atoms with Crippen LogP contribution in [0.2, 0.25) is 0 Å². The molecule has 11 heavy (non-hydrogen) atoms. The lowest BCUT2D eigenvalue weighted by Crippen LogP contribution is -2.14. The van der Waals surface area contributed by atoms with Crippen LogP contribution in [0.4, 0.5) is 0 Å². The number of aliphatic hydroxyl groups is 2. The van der Waals surface area contributed by atoms with Crippen molar-refractivity contribution in [3.63, 3.8) is 0 Å². The van der Waals surface area contributed by atoms with E-state index in [1.165, 1.54) is 6.92 Å². The fraction of sp³-hybridized carbons (Fsp3) is 1.00. The van der Waals surface area contributed by atoms with Crippen molar-refractivity contribution in [1.82, 2.24) is 0 Å². The summed E-state index contributed by atoms with van der Waals surface area (Å²) in [5.41, 5.74) is 0. The molecule has 0 rings (SSSR count). The van der Waals surface area contributed by atoms with Gasteiger partial charge < -0.3 is 10.2 Å². The van der Waals surface area contributed by atoms with Crippen molar-refractivity contribution >= 4 is 10.1 Å². The molecule has 0 amide bonds. The van der Waals surface area contributed by atoms with Crippen LogP contribution in [0, 0.1) is 0 Å². The Morgan fingerprint density at radius 3 is 2.36 bits per heavy atom. The second kappa shape index (κ2) is 4.66. The lowest BCUT2D eigenvalue weighted by Gasteiger charge is -2.03. The Hall–Kier alpha value is -0.170. The van der Waals surface area contributed by atoms with Gasteiger partial charge in [-0.05, 0) is 6.92 Å².